The van der Waals surface area contributed by atoms with Gasteiger partial charge in [-0.1, -0.05) is 58.7 Å². The van der Waals surface area contributed by atoms with Crippen molar-refractivity contribution in [2.24, 2.45) is 0 Å². The van der Waals surface area contributed by atoms with Gasteiger partial charge in [-0.3, -0.25) is 0 Å². The van der Waals surface area contributed by atoms with Crippen LogP contribution in [0, 0.1) is 39.0 Å². The first-order valence-electron chi connectivity index (χ1n) is 15.8. The summed E-state index contributed by atoms with van der Waals surface area (Å²) in [5.74, 6) is 0. The normalized spacial score (nSPS) is 12.0. The van der Waals surface area contributed by atoms with Crippen LogP contribution in [-0.4, -0.2) is 9.13 Å². The van der Waals surface area contributed by atoms with Gasteiger partial charge in [0.15, 0.2) is 0 Å². The molecule has 234 valence electrons. The highest BCUT2D eigenvalue weighted by Crippen LogP contribution is 2.46. The maximum Gasteiger partial charge on any atom is 0.418 e. The van der Waals surface area contributed by atoms with E-state index in [2.05, 4.69) is 18.2 Å². The van der Waals surface area contributed by atoms with Gasteiger partial charge in [0, 0.05) is 21.5 Å². The molecule has 8 rings (SSSR count). The highest BCUT2D eigenvalue weighted by molar-refractivity contribution is 6.12. The molecule has 6 aromatic carbocycles. The van der Waals surface area contributed by atoms with E-state index < -0.39 is 11.7 Å². The van der Waals surface area contributed by atoms with E-state index in [1.54, 1.807) is 28.8 Å². The van der Waals surface area contributed by atoms with Gasteiger partial charge in [0.2, 0.25) is 0 Å². The third kappa shape index (κ3) is 4.57. The van der Waals surface area contributed by atoms with E-state index >= 15 is 13.2 Å². The van der Waals surface area contributed by atoms with E-state index in [0.717, 1.165) is 54.8 Å². The lowest BCUT2D eigenvalue weighted by Crippen LogP contribution is -2.15. The second kappa shape index (κ2) is 10.6. The molecule has 0 N–H and O–H groups in total. The molecule has 0 radical (unpaired) electrons. The molecular weight excluding hydrogens is 603 g/mol. The summed E-state index contributed by atoms with van der Waals surface area (Å²) in [6.45, 7) is 8.04. The number of nitrogens with zero attached hydrogens (tertiary/aromatic N) is 3. The zero-order valence-corrected chi connectivity index (χ0v) is 26.9. The van der Waals surface area contributed by atoms with Gasteiger partial charge in [0.05, 0.1) is 50.6 Å². The number of aromatic nitrogens is 2. The first kappa shape index (κ1) is 29.6. The van der Waals surface area contributed by atoms with Crippen LogP contribution in [-0.2, 0) is 6.18 Å². The van der Waals surface area contributed by atoms with Gasteiger partial charge >= 0.3 is 6.18 Å². The van der Waals surface area contributed by atoms with Crippen molar-refractivity contribution in [3.05, 3.63) is 143 Å². The van der Waals surface area contributed by atoms with Crippen molar-refractivity contribution in [3.8, 4) is 28.6 Å². The van der Waals surface area contributed by atoms with Gasteiger partial charge in [-0.05, 0) is 112 Å². The maximum absolute atomic E-state index is 15.7. The minimum atomic E-state index is -4.71. The molecule has 0 atom stereocenters. The van der Waals surface area contributed by atoms with Gasteiger partial charge in [-0.25, -0.2) is 0 Å². The quantitative estimate of drug-likeness (QED) is 0.191. The maximum atomic E-state index is 15.7. The standard InChI is InChI=1S/C42H30F3N3/c1-24-8-12-36-31(16-24)32-17-25(2)9-13-37(32)47(36)40-22-30(29-7-5-6-28(20-29)23-46)21-35(42(43,44)45)41(40)48-38-14-10-26(3)18-33(38)34-19-27(4)11-15-39(34)48/h5-22H,1-4H3. The Hall–Kier alpha value is -5.80. The monoisotopic (exact) mass is 633 g/mol. The summed E-state index contributed by atoms with van der Waals surface area (Å²) >= 11 is 0. The van der Waals surface area contributed by atoms with Crippen molar-refractivity contribution < 1.29 is 13.2 Å². The van der Waals surface area contributed by atoms with Crippen LogP contribution in [0.4, 0.5) is 13.2 Å². The summed E-state index contributed by atoms with van der Waals surface area (Å²) < 4.78 is 50.8. The minimum absolute atomic E-state index is 0.0512. The third-order valence-corrected chi connectivity index (χ3v) is 9.34. The predicted molar refractivity (Wildman–Crippen MR) is 189 cm³/mol. The SMILES string of the molecule is Cc1ccc2c(c1)c1cc(C)ccc1n2-c1cc(-c2cccc(C#N)c2)cc(C(F)(F)F)c1-n1c2ccc(C)cc2c2cc(C)ccc21. The lowest BCUT2D eigenvalue weighted by atomic mass is 9.98. The van der Waals surface area contributed by atoms with E-state index in [-0.39, 0.29) is 5.69 Å². The Morgan fingerprint density at radius 3 is 1.42 bits per heavy atom. The Balaban J connectivity index is 1.63. The summed E-state index contributed by atoms with van der Waals surface area (Å²) in [6.07, 6.45) is -4.71. The minimum Gasteiger partial charge on any atom is -0.307 e. The summed E-state index contributed by atoms with van der Waals surface area (Å²) in [4.78, 5) is 0. The predicted octanol–water partition coefficient (Wildman–Crippen LogP) is 11.7. The highest BCUT2D eigenvalue weighted by Gasteiger charge is 2.38. The van der Waals surface area contributed by atoms with Crippen LogP contribution < -0.4 is 0 Å². The fourth-order valence-electron chi connectivity index (χ4n) is 7.18. The van der Waals surface area contributed by atoms with Crippen molar-refractivity contribution in [1.82, 2.24) is 9.13 Å². The molecule has 0 amide bonds. The van der Waals surface area contributed by atoms with E-state index in [1.165, 1.54) is 6.07 Å². The van der Waals surface area contributed by atoms with Gasteiger partial charge in [0.1, 0.15) is 0 Å². The molecule has 2 aromatic heterocycles. The molecule has 0 fully saturated rings. The van der Waals surface area contributed by atoms with Gasteiger partial charge in [-0.15, -0.1) is 0 Å². The third-order valence-electron chi connectivity index (χ3n) is 9.34. The Kier molecular flexibility index (Phi) is 6.54. The first-order valence-corrected chi connectivity index (χ1v) is 15.8. The summed E-state index contributed by atoms with van der Waals surface area (Å²) in [5.41, 5.74) is 8.17. The number of rotatable bonds is 3. The number of hydrogen-bond donors (Lipinski definition) is 0. The largest absolute Gasteiger partial charge is 0.418 e. The van der Waals surface area contributed by atoms with Crippen molar-refractivity contribution >= 4 is 43.6 Å². The second-order valence-electron chi connectivity index (χ2n) is 12.8. The van der Waals surface area contributed by atoms with Crippen LogP contribution in [0.3, 0.4) is 0 Å². The van der Waals surface area contributed by atoms with Crippen LogP contribution in [0.15, 0.2) is 109 Å². The molecule has 0 aliphatic heterocycles. The topological polar surface area (TPSA) is 33.6 Å². The molecule has 2 heterocycles. The number of halogens is 3. The Morgan fingerprint density at radius 1 is 0.521 bits per heavy atom. The summed E-state index contributed by atoms with van der Waals surface area (Å²) in [5, 5.41) is 13.4. The molecule has 3 nitrogen and oxygen atoms in total. The first-order chi connectivity index (χ1) is 23.0. The van der Waals surface area contributed by atoms with E-state index in [1.807, 2.05) is 99.0 Å². The van der Waals surface area contributed by atoms with Crippen LogP contribution in [0.5, 0.6) is 0 Å². The lowest BCUT2D eigenvalue weighted by Gasteiger charge is -2.23. The van der Waals surface area contributed by atoms with E-state index in [0.29, 0.717) is 33.4 Å². The molecule has 0 unspecified atom stereocenters. The van der Waals surface area contributed by atoms with Crippen LogP contribution >= 0.6 is 0 Å². The fourth-order valence-corrected chi connectivity index (χ4v) is 7.18. The van der Waals surface area contributed by atoms with E-state index in [4.69, 9.17) is 0 Å². The number of aryl methyl sites for hydroxylation is 4. The molecule has 6 heteroatoms. The van der Waals surface area contributed by atoms with Crippen LogP contribution in [0.1, 0.15) is 33.4 Å². The molecule has 0 aliphatic carbocycles. The molecule has 0 saturated heterocycles. The molecule has 0 saturated carbocycles. The molecule has 0 spiro atoms. The van der Waals surface area contributed by atoms with Crippen LogP contribution in [0.25, 0.3) is 66.1 Å². The molecule has 0 bridgehead atoms. The van der Waals surface area contributed by atoms with E-state index in [9.17, 15) is 5.26 Å². The Labute approximate surface area is 275 Å². The van der Waals surface area contributed by atoms with Crippen molar-refractivity contribution in [2.45, 2.75) is 33.9 Å². The second-order valence-corrected chi connectivity index (χ2v) is 12.8. The summed E-state index contributed by atoms with van der Waals surface area (Å²) in [7, 11) is 0. The van der Waals surface area contributed by atoms with Crippen molar-refractivity contribution in [2.75, 3.05) is 0 Å². The van der Waals surface area contributed by atoms with Crippen molar-refractivity contribution in [3.63, 3.8) is 0 Å². The average Bonchev–Trinajstić information content (AvgIpc) is 3.54. The van der Waals surface area contributed by atoms with Crippen LogP contribution in [0.2, 0.25) is 0 Å². The number of fused-ring (bicyclic) bond motifs is 6. The number of hydrogen-bond acceptors (Lipinski definition) is 1. The zero-order chi connectivity index (χ0) is 33.5. The number of nitriles is 1. The zero-order valence-electron chi connectivity index (χ0n) is 26.9. The summed E-state index contributed by atoms with van der Waals surface area (Å²) in [6, 6.07) is 36.0. The number of benzene rings is 6. The lowest BCUT2D eigenvalue weighted by molar-refractivity contribution is -0.137. The molecule has 48 heavy (non-hydrogen) atoms. The van der Waals surface area contributed by atoms with Crippen molar-refractivity contribution in [1.29, 1.82) is 5.26 Å². The molecule has 8 aromatic rings. The molecule has 0 aliphatic rings. The Morgan fingerprint density at radius 2 is 0.979 bits per heavy atom. The average molecular weight is 634 g/mol. The molecular formula is C42H30F3N3. The highest BCUT2D eigenvalue weighted by atomic mass is 19.4. The van der Waals surface area contributed by atoms with Gasteiger partial charge in [-0.2, -0.15) is 18.4 Å². The van der Waals surface area contributed by atoms with Gasteiger partial charge in [0.25, 0.3) is 0 Å². The Bertz CT molecular complexity index is 2540. The fraction of sp³-hybridized carbons (Fsp3) is 0.119. The van der Waals surface area contributed by atoms with Gasteiger partial charge < -0.3 is 9.13 Å². The number of alkyl halides is 3. The smallest absolute Gasteiger partial charge is 0.307 e.